The van der Waals surface area contributed by atoms with E-state index in [-0.39, 0.29) is 44.4 Å². The highest BCUT2D eigenvalue weighted by Crippen LogP contribution is 2.27. The second-order valence-corrected chi connectivity index (χ2v) is 8.15. The van der Waals surface area contributed by atoms with Gasteiger partial charge in [0.2, 0.25) is 11.8 Å². The Hall–Kier alpha value is -2.56. The van der Waals surface area contributed by atoms with Gasteiger partial charge in [-0.1, -0.05) is 32.1 Å². The Labute approximate surface area is 189 Å². The predicted molar refractivity (Wildman–Crippen MR) is 117 cm³/mol. The number of carbonyl (C=O) groups is 4. The lowest BCUT2D eigenvalue weighted by molar-refractivity contribution is -0.131. The van der Waals surface area contributed by atoms with Gasteiger partial charge in [-0.25, -0.2) is 9.59 Å². The summed E-state index contributed by atoms with van der Waals surface area (Å²) >= 11 is 0. The Bertz CT molecular complexity index is 611. The molecule has 0 aromatic heterocycles. The third-order valence-electron chi connectivity index (χ3n) is 5.59. The molecule has 1 saturated carbocycles. The number of aliphatic hydroxyl groups excluding tert-OH is 1. The van der Waals surface area contributed by atoms with Crippen LogP contribution in [0.5, 0.6) is 0 Å². The Kier molecular flexibility index (Phi) is 13.1. The van der Waals surface area contributed by atoms with Crippen LogP contribution >= 0.6 is 0 Å². The Morgan fingerprint density at radius 2 is 1.81 bits per heavy atom. The first kappa shape index (κ1) is 27.5. The first-order chi connectivity index (χ1) is 15.3. The second-order valence-electron chi connectivity index (χ2n) is 8.15. The van der Waals surface area contributed by atoms with Crippen LogP contribution < -0.4 is 16.0 Å². The summed E-state index contributed by atoms with van der Waals surface area (Å²) in [6, 6.07) is -1.56. The van der Waals surface area contributed by atoms with E-state index in [1.165, 1.54) is 4.90 Å². The number of hydrogen-bond acceptors (Lipinski definition) is 6. The van der Waals surface area contributed by atoms with Gasteiger partial charge < -0.3 is 35.8 Å². The summed E-state index contributed by atoms with van der Waals surface area (Å²) in [6.45, 7) is 2.12. The Morgan fingerprint density at radius 1 is 1.12 bits per heavy atom. The number of rotatable bonds is 13. The topological polar surface area (TPSA) is 157 Å². The third-order valence-corrected chi connectivity index (χ3v) is 5.59. The molecule has 32 heavy (non-hydrogen) atoms. The molecule has 1 aliphatic carbocycles. The van der Waals surface area contributed by atoms with Crippen LogP contribution in [-0.4, -0.2) is 84.5 Å². The van der Waals surface area contributed by atoms with Gasteiger partial charge in [-0.05, 0) is 25.7 Å². The lowest BCUT2D eigenvalue weighted by atomic mass is 9.84. The molecule has 0 saturated heterocycles. The zero-order chi connectivity index (χ0) is 23.9. The molecular formula is C21H38N4O7. The molecule has 0 bridgehead atoms. The normalized spacial score (nSPS) is 15.8. The molecule has 0 aromatic rings. The van der Waals surface area contributed by atoms with Gasteiger partial charge in [0.15, 0.2) is 0 Å². The number of hydrogen-bond donors (Lipinski definition) is 5. The van der Waals surface area contributed by atoms with Crippen LogP contribution in [0.2, 0.25) is 0 Å². The molecule has 1 rings (SSSR count). The molecule has 0 heterocycles. The van der Waals surface area contributed by atoms with Gasteiger partial charge in [0.1, 0.15) is 12.6 Å². The van der Waals surface area contributed by atoms with Gasteiger partial charge in [0.25, 0.3) is 0 Å². The number of nitrogens with zero attached hydrogens (tertiary/aromatic N) is 1. The fourth-order valence-corrected chi connectivity index (χ4v) is 3.73. The van der Waals surface area contributed by atoms with Crippen LogP contribution in [0.1, 0.15) is 58.3 Å². The number of nitrogens with one attached hydrogen (secondary N) is 3. The molecule has 0 aromatic carbocycles. The van der Waals surface area contributed by atoms with Crippen molar-refractivity contribution in [3.8, 4) is 0 Å². The van der Waals surface area contributed by atoms with Gasteiger partial charge in [0.05, 0.1) is 19.2 Å². The lowest BCUT2D eigenvalue weighted by Crippen LogP contribution is -2.51. The van der Waals surface area contributed by atoms with Crippen LogP contribution in [0, 0.1) is 5.92 Å². The number of aliphatic hydroxyl groups is 1. The summed E-state index contributed by atoms with van der Waals surface area (Å²) in [6.07, 6.45) is 4.14. The number of likely N-dealkylation sites (N-methyl/N-ethyl adjacent to an activating group) is 1. The minimum Gasteiger partial charge on any atom is -0.465 e. The fourth-order valence-electron chi connectivity index (χ4n) is 3.73. The van der Waals surface area contributed by atoms with E-state index in [4.69, 9.17) is 9.84 Å². The van der Waals surface area contributed by atoms with Gasteiger partial charge in [-0.2, -0.15) is 0 Å². The van der Waals surface area contributed by atoms with Crippen LogP contribution in [-0.2, 0) is 14.3 Å². The molecule has 0 aliphatic heterocycles. The maximum Gasteiger partial charge on any atom is 0.407 e. The molecular weight excluding hydrogens is 420 g/mol. The average Bonchev–Trinajstić information content (AvgIpc) is 2.76. The highest BCUT2D eigenvalue weighted by Gasteiger charge is 2.27. The zero-order valence-corrected chi connectivity index (χ0v) is 19.1. The second kappa shape index (κ2) is 15.3. The molecule has 0 radical (unpaired) electrons. The van der Waals surface area contributed by atoms with Crippen LogP contribution in [0.15, 0.2) is 0 Å². The van der Waals surface area contributed by atoms with Crippen molar-refractivity contribution in [1.82, 2.24) is 20.9 Å². The molecule has 5 N–H and O–H groups in total. The van der Waals surface area contributed by atoms with Crippen molar-refractivity contribution >= 4 is 24.0 Å². The highest BCUT2D eigenvalue weighted by molar-refractivity contribution is 5.85. The molecule has 0 spiro atoms. The van der Waals surface area contributed by atoms with Crippen molar-refractivity contribution in [3.05, 3.63) is 0 Å². The van der Waals surface area contributed by atoms with Crippen molar-refractivity contribution in [2.24, 2.45) is 5.92 Å². The molecule has 11 nitrogen and oxygen atoms in total. The highest BCUT2D eigenvalue weighted by atomic mass is 16.5. The van der Waals surface area contributed by atoms with E-state index in [0.717, 1.165) is 32.1 Å². The molecule has 2 atom stereocenters. The Morgan fingerprint density at radius 3 is 2.41 bits per heavy atom. The number of carboxylic acid groups (broad SMARTS) is 1. The maximum atomic E-state index is 12.7. The summed E-state index contributed by atoms with van der Waals surface area (Å²) in [5, 5.41) is 26.2. The predicted octanol–water partition coefficient (Wildman–Crippen LogP) is 1.05. The van der Waals surface area contributed by atoms with Crippen LogP contribution in [0.25, 0.3) is 0 Å². The summed E-state index contributed by atoms with van der Waals surface area (Å²) in [4.78, 5) is 48.7. The SMILES string of the molecule is CCNC(=O)OCCN(C)C(=O)CC[C@@H](CO)NC(=O)[C@H](CC1CCCCC1)NC(=O)O. The average molecular weight is 459 g/mol. The number of carbonyl (C=O) groups excluding carboxylic acids is 3. The van der Waals surface area contributed by atoms with Crippen molar-refractivity contribution in [3.63, 3.8) is 0 Å². The minimum atomic E-state index is -1.27. The summed E-state index contributed by atoms with van der Waals surface area (Å²) in [7, 11) is 1.58. The number of alkyl carbamates (subject to hydrolysis) is 1. The first-order valence-electron chi connectivity index (χ1n) is 11.3. The van der Waals surface area contributed by atoms with Crippen molar-refractivity contribution < 1.29 is 34.1 Å². The van der Waals surface area contributed by atoms with E-state index >= 15 is 0 Å². The van der Waals surface area contributed by atoms with Crippen molar-refractivity contribution in [2.45, 2.75) is 70.4 Å². The standard InChI is InChI=1S/C21H38N4O7/c1-3-22-21(31)32-12-11-25(2)18(27)10-9-16(14-26)23-19(28)17(24-20(29)30)13-15-7-5-4-6-8-15/h15-17,24,26H,3-14H2,1-2H3,(H,22,31)(H,23,28)(H,29,30)/t16-,17-/m0/s1. The lowest BCUT2D eigenvalue weighted by Gasteiger charge is -2.27. The van der Waals surface area contributed by atoms with E-state index in [1.807, 2.05) is 0 Å². The molecule has 4 amide bonds. The fraction of sp³-hybridized carbons (Fsp3) is 0.810. The first-order valence-corrected chi connectivity index (χ1v) is 11.3. The van der Waals surface area contributed by atoms with Crippen molar-refractivity contribution in [1.29, 1.82) is 0 Å². The van der Waals surface area contributed by atoms with Crippen molar-refractivity contribution in [2.75, 3.05) is 33.4 Å². The molecule has 1 fully saturated rings. The van der Waals surface area contributed by atoms with Gasteiger partial charge in [-0.15, -0.1) is 0 Å². The summed E-state index contributed by atoms with van der Waals surface area (Å²) < 4.78 is 4.93. The quantitative estimate of drug-likeness (QED) is 0.276. The summed E-state index contributed by atoms with van der Waals surface area (Å²) in [5.74, 6) is -0.427. The molecule has 1 aliphatic rings. The third kappa shape index (κ3) is 11.2. The number of amides is 4. The van der Waals surface area contributed by atoms with E-state index in [9.17, 15) is 24.3 Å². The monoisotopic (exact) mass is 458 g/mol. The Balaban J connectivity index is 2.47. The largest absolute Gasteiger partial charge is 0.465 e. The van der Waals surface area contributed by atoms with Crippen LogP contribution in [0.4, 0.5) is 9.59 Å². The number of ether oxygens (including phenoxy) is 1. The van der Waals surface area contributed by atoms with E-state index in [0.29, 0.717) is 13.0 Å². The van der Waals surface area contributed by atoms with Gasteiger partial charge in [0, 0.05) is 20.0 Å². The molecule has 184 valence electrons. The van der Waals surface area contributed by atoms with E-state index in [1.54, 1.807) is 14.0 Å². The molecule has 0 unspecified atom stereocenters. The van der Waals surface area contributed by atoms with Gasteiger partial charge in [-0.3, -0.25) is 9.59 Å². The molecule has 11 heteroatoms. The zero-order valence-electron chi connectivity index (χ0n) is 19.1. The van der Waals surface area contributed by atoms with E-state index in [2.05, 4.69) is 16.0 Å². The van der Waals surface area contributed by atoms with E-state index < -0.39 is 30.2 Å². The summed E-state index contributed by atoms with van der Waals surface area (Å²) in [5.41, 5.74) is 0. The smallest absolute Gasteiger partial charge is 0.407 e. The maximum absolute atomic E-state index is 12.7. The van der Waals surface area contributed by atoms with Crippen LogP contribution in [0.3, 0.4) is 0 Å². The van der Waals surface area contributed by atoms with Gasteiger partial charge >= 0.3 is 12.2 Å². The minimum absolute atomic E-state index is 0.0535.